The van der Waals surface area contributed by atoms with Crippen LogP contribution in [0.5, 0.6) is 0 Å². The molecule has 1 heterocycles. The monoisotopic (exact) mass is 272 g/mol. The van der Waals surface area contributed by atoms with E-state index in [-0.39, 0.29) is 5.91 Å². The molecule has 1 aromatic carbocycles. The molecule has 3 atom stereocenters. The lowest BCUT2D eigenvalue weighted by molar-refractivity contribution is -0.904. The molecule has 0 aromatic heterocycles. The Kier molecular flexibility index (Phi) is 4.75. The number of nitrogens with zero attached hydrogens (tertiary/aromatic N) is 1. The van der Waals surface area contributed by atoms with Crippen LogP contribution in [0.1, 0.15) is 25.8 Å². The van der Waals surface area contributed by atoms with E-state index in [1.807, 2.05) is 0 Å². The molecule has 2 rings (SSSR count). The summed E-state index contributed by atoms with van der Waals surface area (Å²) in [7, 11) is 0. The van der Waals surface area contributed by atoms with Gasteiger partial charge in [-0.15, -0.1) is 0 Å². The molecule has 106 valence electrons. The van der Waals surface area contributed by atoms with Gasteiger partial charge in [0, 0.05) is 17.5 Å². The quantitative estimate of drug-likeness (QED) is 0.864. The van der Waals surface area contributed by atoms with E-state index in [0.717, 1.165) is 18.8 Å². The zero-order valence-corrected chi connectivity index (χ0v) is 12.1. The number of anilines is 1. The van der Waals surface area contributed by atoms with Gasteiger partial charge < -0.3 is 10.2 Å². The average Bonchev–Trinajstić information content (AvgIpc) is 2.38. The van der Waals surface area contributed by atoms with Crippen LogP contribution in [-0.2, 0) is 4.79 Å². The fourth-order valence-corrected chi connectivity index (χ4v) is 3.13. The van der Waals surface area contributed by atoms with Gasteiger partial charge >= 0.3 is 0 Å². The zero-order chi connectivity index (χ0) is 14.5. The minimum atomic E-state index is 0.0472. The van der Waals surface area contributed by atoms with E-state index in [2.05, 4.69) is 25.2 Å². The number of amides is 1. The van der Waals surface area contributed by atoms with Crippen molar-refractivity contribution in [3.05, 3.63) is 29.8 Å². The van der Waals surface area contributed by atoms with Crippen molar-refractivity contribution in [2.24, 2.45) is 11.8 Å². The Morgan fingerprint density at radius 2 is 1.90 bits per heavy atom. The lowest BCUT2D eigenvalue weighted by Gasteiger charge is -2.31. The normalized spacial score (nSPS) is 25.8. The average molecular weight is 272 g/mol. The summed E-state index contributed by atoms with van der Waals surface area (Å²) in [6.07, 6.45) is 1.26. The molecule has 0 radical (unpaired) electrons. The number of carbonyl (C=O) groups excluding carboxylic acids is 1. The summed E-state index contributed by atoms with van der Waals surface area (Å²) >= 11 is 0. The molecule has 0 bridgehead atoms. The molecule has 1 unspecified atom stereocenters. The summed E-state index contributed by atoms with van der Waals surface area (Å²) in [6.45, 7) is 7.19. The van der Waals surface area contributed by atoms with Crippen LogP contribution in [0.25, 0.3) is 0 Å². The minimum Gasteiger partial charge on any atom is -0.327 e. The van der Waals surface area contributed by atoms with Crippen molar-refractivity contribution in [1.29, 1.82) is 5.26 Å². The highest BCUT2D eigenvalue weighted by Crippen LogP contribution is 2.12. The number of hydrogen-bond acceptors (Lipinski definition) is 2. The van der Waals surface area contributed by atoms with Crippen molar-refractivity contribution >= 4 is 11.6 Å². The summed E-state index contributed by atoms with van der Waals surface area (Å²) in [5, 5.41) is 11.6. The van der Waals surface area contributed by atoms with Gasteiger partial charge in [-0.3, -0.25) is 4.79 Å². The van der Waals surface area contributed by atoms with E-state index < -0.39 is 0 Å². The van der Waals surface area contributed by atoms with Crippen molar-refractivity contribution in [2.75, 3.05) is 25.0 Å². The van der Waals surface area contributed by atoms with Crippen molar-refractivity contribution < 1.29 is 9.69 Å². The molecule has 2 N–H and O–H groups in total. The standard InChI is InChI=1S/C16H21N3O/c1-12-7-13(2)10-19(9-12)11-16(20)18-15-5-3-14(8-17)4-6-15/h3-6,12-13H,7,9-11H2,1-2H3,(H,18,20)/p+1/t12-,13+. The highest BCUT2D eigenvalue weighted by atomic mass is 16.2. The van der Waals surface area contributed by atoms with Gasteiger partial charge in [-0.25, -0.2) is 0 Å². The summed E-state index contributed by atoms with van der Waals surface area (Å²) in [5.74, 6) is 1.43. The maximum atomic E-state index is 12.1. The molecule has 1 aliphatic heterocycles. The number of hydrogen-bond donors (Lipinski definition) is 2. The van der Waals surface area contributed by atoms with Gasteiger partial charge in [-0.2, -0.15) is 5.26 Å². The lowest BCUT2D eigenvalue weighted by atomic mass is 9.92. The van der Waals surface area contributed by atoms with Crippen LogP contribution < -0.4 is 10.2 Å². The van der Waals surface area contributed by atoms with E-state index in [4.69, 9.17) is 5.26 Å². The van der Waals surface area contributed by atoms with E-state index in [0.29, 0.717) is 23.9 Å². The first-order valence-corrected chi connectivity index (χ1v) is 7.20. The second-order valence-corrected chi connectivity index (χ2v) is 6.02. The van der Waals surface area contributed by atoms with Crippen LogP contribution in [0.3, 0.4) is 0 Å². The fourth-order valence-electron chi connectivity index (χ4n) is 3.13. The second kappa shape index (κ2) is 6.53. The summed E-state index contributed by atoms with van der Waals surface area (Å²) in [5.41, 5.74) is 1.36. The third-order valence-electron chi connectivity index (χ3n) is 3.79. The van der Waals surface area contributed by atoms with Gasteiger partial charge in [0.05, 0.1) is 24.7 Å². The molecule has 1 fully saturated rings. The Bertz CT molecular complexity index is 493. The third-order valence-corrected chi connectivity index (χ3v) is 3.79. The molecule has 0 spiro atoms. The van der Waals surface area contributed by atoms with Gasteiger partial charge in [0.2, 0.25) is 0 Å². The van der Waals surface area contributed by atoms with Crippen LogP contribution in [0.2, 0.25) is 0 Å². The van der Waals surface area contributed by atoms with Crippen LogP contribution in [-0.4, -0.2) is 25.5 Å². The topological polar surface area (TPSA) is 57.3 Å². The maximum absolute atomic E-state index is 12.1. The molecule has 1 amide bonds. The van der Waals surface area contributed by atoms with Gasteiger partial charge in [0.15, 0.2) is 6.54 Å². The predicted molar refractivity (Wildman–Crippen MR) is 78.3 cm³/mol. The van der Waals surface area contributed by atoms with Gasteiger partial charge in [0.1, 0.15) is 0 Å². The number of rotatable bonds is 3. The minimum absolute atomic E-state index is 0.0472. The first kappa shape index (κ1) is 14.5. The Balaban J connectivity index is 1.87. The van der Waals surface area contributed by atoms with Crippen molar-refractivity contribution in [3.63, 3.8) is 0 Å². The van der Waals surface area contributed by atoms with Gasteiger partial charge in [-0.1, -0.05) is 13.8 Å². The first-order chi connectivity index (χ1) is 9.56. The van der Waals surface area contributed by atoms with E-state index in [1.54, 1.807) is 24.3 Å². The van der Waals surface area contributed by atoms with Crippen LogP contribution >= 0.6 is 0 Å². The Morgan fingerprint density at radius 3 is 2.45 bits per heavy atom. The molecule has 4 heteroatoms. The Hall–Kier alpha value is -1.86. The molecule has 1 saturated heterocycles. The number of carbonyl (C=O) groups is 1. The van der Waals surface area contributed by atoms with E-state index in [9.17, 15) is 4.79 Å². The van der Waals surface area contributed by atoms with E-state index in [1.165, 1.54) is 11.3 Å². The zero-order valence-electron chi connectivity index (χ0n) is 12.1. The molecule has 1 aromatic rings. The fraction of sp³-hybridized carbons (Fsp3) is 0.500. The van der Waals surface area contributed by atoms with Gasteiger partial charge in [-0.05, 0) is 30.7 Å². The molecule has 1 aliphatic rings. The number of quaternary nitrogens is 1. The maximum Gasteiger partial charge on any atom is 0.279 e. The number of piperidine rings is 1. The van der Waals surface area contributed by atoms with E-state index >= 15 is 0 Å². The molecular weight excluding hydrogens is 250 g/mol. The number of benzene rings is 1. The molecule has 4 nitrogen and oxygen atoms in total. The third kappa shape index (κ3) is 4.07. The van der Waals surface area contributed by atoms with Crippen LogP contribution in [0.4, 0.5) is 5.69 Å². The smallest absolute Gasteiger partial charge is 0.279 e. The lowest BCUT2D eigenvalue weighted by Crippen LogP contribution is -3.15. The molecule has 0 saturated carbocycles. The Morgan fingerprint density at radius 1 is 1.30 bits per heavy atom. The highest BCUT2D eigenvalue weighted by Gasteiger charge is 2.26. The number of likely N-dealkylation sites (tertiary alicyclic amines) is 1. The predicted octanol–water partition coefficient (Wildman–Crippen LogP) is 1.06. The Labute approximate surface area is 120 Å². The van der Waals surface area contributed by atoms with Crippen molar-refractivity contribution in [3.8, 4) is 6.07 Å². The van der Waals surface area contributed by atoms with Gasteiger partial charge in [0.25, 0.3) is 5.91 Å². The number of nitrogens with one attached hydrogen (secondary N) is 2. The van der Waals surface area contributed by atoms with Crippen LogP contribution in [0.15, 0.2) is 24.3 Å². The molecule has 0 aliphatic carbocycles. The highest BCUT2D eigenvalue weighted by molar-refractivity contribution is 5.91. The largest absolute Gasteiger partial charge is 0.327 e. The summed E-state index contributed by atoms with van der Waals surface area (Å²) in [4.78, 5) is 13.4. The second-order valence-electron chi connectivity index (χ2n) is 6.02. The van der Waals surface area contributed by atoms with Crippen LogP contribution in [0, 0.1) is 23.2 Å². The number of nitriles is 1. The SMILES string of the molecule is C[C@@H]1C[C@H](C)C[NH+](CC(=O)Nc2ccc(C#N)cc2)C1. The summed E-state index contributed by atoms with van der Waals surface area (Å²) < 4.78 is 0. The molecular formula is C16H22N3O+. The van der Waals surface area contributed by atoms with Crippen molar-refractivity contribution in [1.82, 2.24) is 0 Å². The van der Waals surface area contributed by atoms with Crippen molar-refractivity contribution in [2.45, 2.75) is 20.3 Å². The summed E-state index contributed by atoms with van der Waals surface area (Å²) in [6, 6.07) is 9.04. The molecule has 20 heavy (non-hydrogen) atoms. The first-order valence-electron chi connectivity index (χ1n) is 7.20.